The molecule has 1 aliphatic rings. The van der Waals surface area contributed by atoms with Crippen LogP contribution in [0.1, 0.15) is 18.4 Å². The lowest BCUT2D eigenvalue weighted by Crippen LogP contribution is -2.40. The van der Waals surface area contributed by atoms with E-state index in [4.69, 9.17) is 23.2 Å². The summed E-state index contributed by atoms with van der Waals surface area (Å²) in [4.78, 5) is 0. The quantitative estimate of drug-likeness (QED) is 0.888. The zero-order valence-electron chi connectivity index (χ0n) is 12.0. The molecule has 21 heavy (non-hydrogen) atoms. The number of hydrogen-bond acceptors (Lipinski definition) is 3. The van der Waals surface area contributed by atoms with Gasteiger partial charge in [0.15, 0.2) is 0 Å². The highest BCUT2D eigenvalue weighted by Crippen LogP contribution is 2.28. The Hall–Kier alpha value is -0.330. The maximum Gasteiger partial charge on any atom is 0.218 e. The molecule has 1 aromatic carbocycles. The molecule has 118 valence electrons. The number of piperidine rings is 1. The number of hydrogen-bond donors (Lipinski definition) is 1. The Labute approximate surface area is 136 Å². The molecule has 0 aliphatic carbocycles. The second-order valence-electron chi connectivity index (χ2n) is 5.36. The Balaban J connectivity index is 2.06. The summed E-state index contributed by atoms with van der Waals surface area (Å²) in [5, 5.41) is 3.94. The van der Waals surface area contributed by atoms with Crippen molar-refractivity contribution in [2.75, 3.05) is 26.7 Å². The van der Waals surface area contributed by atoms with Crippen molar-refractivity contribution in [1.82, 2.24) is 9.62 Å². The first-order valence-electron chi connectivity index (χ1n) is 6.99. The lowest BCUT2D eigenvalue weighted by molar-refractivity contribution is 0.270. The van der Waals surface area contributed by atoms with Crippen LogP contribution in [0.4, 0.5) is 0 Å². The first kappa shape index (κ1) is 17.0. The summed E-state index contributed by atoms with van der Waals surface area (Å²) in [5.41, 5.74) is 0.484. The van der Waals surface area contributed by atoms with E-state index in [9.17, 15) is 8.42 Å². The average Bonchev–Trinajstić information content (AvgIpc) is 2.44. The molecule has 1 fully saturated rings. The lowest BCUT2D eigenvalue weighted by Gasteiger charge is -2.31. The molecule has 0 amide bonds. The Bertz CT molecular complexity index is 564. The van der Waals surface area contributed by atoms with Crippen LogP contribution >= 0.6 is 23.2 Å². The molecular weight excluding hydrogens is 331 g/mol. The Morgan fingerprint density at radius 3 is 2.33 bits per heavy atom. The minimum Gasteiger partial charge on any atom is -0.319 e. The highest BCUT2D eigenvalue weighted by Gasteiger charge is 2.29. The largest absolute Gasteiger partial charge is 0.319 e. The van der Waals surface area contributed by atoms with E-state index in [1.165, 1.54) is 0 Å². The van der Waals surface area contributed by atoms with E-state index in [0.717, 1.165) is 19.4 Å². The van der Waals surface area contributed by atoms with Crippen LogP contribution < -0.4 is 5.32 Å². The third-order valence-corrected chi connectivity index (χ3v) is 6.36. The predicted molar refractivity (Wildman–Crippen MR) is 87.3 cm³/mol. The van der Waals surface area contributed by atoms with E-state index in [1.54, 1.807) is 22.5 Å². The molecule has 1 saturated heterocycles. The summed E-state index contributed by atoms with van der Waals surface area (Å²) in [6, 6.07) is 5.04. The van der Waals surface area contributed by atoms with Gasteiger partial charge in [-0.3, -0.25) is 0 Å². The molecule has 0 radical (unpaired) electrons. The number of rotatable bonds is 5. The summed E-state index contributed by atoms with van der Waals surface area (Å²) in [6.45, 7) is 2.07. The SMILES string of the molecule is CNCC1CCN(S(=O)(=O)Cc2c(Cl)cccc2Cl)CC1. The maximum absolute atomic E-state index is 12.5. The van der Waals surface area contributed by atoms with Gasteiger partial charge in [-0.25, -0.2) is 12.7 Å². The normalized spacial score (nSPS) is 18.0. The Morgan fingerprint density at radius 2 is 1.81 bits per heavy atom. The van der Waals surface area contributed by atoms with Gasteiger partial charge in [0, 0.05) is 28.7 Å². The van der Waals surface area contributed by atoms with E-state index in [1.807, 2.05) is 7.05 Å². The van der Waals surface area contributed by atoms with Crippen LogP contribution in [-0.4, -0.2) is 39.4 Å². The number of halogens is 2. The number of benzene rings is 1. The predicted octanol–water partition coefficient (Wildman–Crippen LogP) is 2.75. The Morgan fingerprint density at radius 1 is 1.24 bits per heavy atom. The van der Waals surface area contributed by atoms with Gasteiger partial charge in [-0.2, -0.15) is 0 Å². The first-order valence-corrected chi connectivity index (χ1v) is 9.36. The second kappa shape index (κ2) is 7.29. The van der Waals surface area contributed by atoms with E-state index in [2.05, 4.69) is 5.32 Å². The molecule has 0 atom stereocenters. The van der Waals surface area contributed by atoms with Gasteiger partial charge in [-0.15, -0.1) is 0 Å². The van der Waals surface area contributed by atoms with Crippen molar-refractivity contribution < 1.29 is 8.42 Å². The molecular formula is C14H20Cl2N2O2S. The second-order valence-corrected chi connectivity index (χ2v) is 8.14. The molecule has 7 heteroatoms. The van der Waals surface area contributed by atoms with Crippen LogP contribution in [0.3, 0.4) is 0 Å². The van der Waals surface area contributed by atoms with Gasteiger partial charge < -0.3 is 5.32 Å². The summed E-state index contributed by atoms with van der Waals surface area (Å²) in [6.07, 6.45) is 1.77. The average molecular weight is 351 g/mol. The van der Waals surface area contributed by atoms with Crippen molar-refractivity contribution in [3.05, 3.63) is 33.8 Å². The van der Waals surface area contributed by atoms with E-state index in [-0.39, 0.29) is 5.75 Å². The molecule has 0 aromatic heterocycles. The first-order chi connectivity index (χ1) is 9.94. The monoisotopic (exact) mass is 350 g/mol. The van der Waals surface area contributed by atoms with Crippen LogP contribution in [0.25, 0.3) is 0 Å². The molecule has 0 bridgehead atoms. The summed E-state index contributed by atoms with van der Waals surface area (Å²) >= 11 is 12.1. The lowest BCUT2D eigenvalue weighted by atomic mass is 9.98. The topological polar surface area (TPSA) is 49.4 Å². The van der Waals surface area contributed by atoms with Crippen molar-refractivity contribution in [3.63, 3.8) is 0 Å². The fourth-order valence-corrected chi connectivity index (χ4v) is 4.94. The van der Waals surface area contributed by atoms with Gasteiger partial charge in [-0.05, 0) is 44.5 Å². The minimum absolute atomic E-state index is 0.137. The third-order valence-electron chi connectivity index (χ3n) is 3.85. The molecule has 1 aliphatic heterocycles. The molecule has 1 N–H and O–H groups in total. The molecule has 0 spiro atoms. The van der Waals surface area contributed by atoms with Crippen LogP contribution in [-0.2, 0) is 15.8 Å². The summed E-state index contributed by atoms with van der Waals surface area (Å²) in [7, 11) is -1.46. The minimum atomic E-state index is -3.38. The van der Waals surface area contributed by atoms with Gasteiger partial charge in [0.2, 0.25) is 10.0 Å². The molecule has 4 nitrogen and oxygen atoms in total. The third kappa shape index (κ3) is 4.33. The fraction of sp³-hybridized carbons (Fsp3) is 0.571. The Kier molecular flexibility index (Phi) is 5.91. The summed E-state index contributed by atoms with van der Waals surface area (Å²) in [5.74, 6) is 0.410. The van der Waals surface area contributed by atoms with Crippen molar-refractivity contribution in [1.29, 1.82) is 0 Å². The van der Waals surface area contributed by atoms with E-state index in [0.29, 0.717) is 34.6 Å². The smallest absolute Gasteiger partial charge is 0.218 e. The standard InChI is InChI=1S/C14H20Cl2N2O2S/c1-17-9-11-5-7-18(8-6-11)21(19,20)10-12-13(15)3-2-4-14(12)16/h2-4,11,17H,5-10H2,1H3. The maximum atomic E-state index is 12.5. The molecule has 1 aromatic rings. The van der Waals surface area contributed by atoms with Crippen molar-refractivity contribution in [2.24, 2.45) is 5.92 Å². The van der Waals surface area contributed by atoms with Crippen LogP contribution in [0, 0.1) is 5.92 Å². The van der Waals surface area contributed by atoms with Gasteiger partial charge in [0.25, 0.3) is 0 Å². The van der Waals surface area contributed by atoms with Crippen molar-refractivity contribution in [2.45, 2.75) is 18.6 Å². The molecule has 0 saturated carbocycles. The summed E-state index contributed by atoms with van der Waals surface area (Å²) < 4.78 is 26.6. The molecule has 1 heterocycles. The van der Waals surface area contributed by atoms with E-state index >= 15 is 0 Å². The highest BCUT2D eigenvalue weighted by atomic mass is 35.5. The van der Waals surface area contributed by atoms with Crippen molar-refractivity contribution >= 4 is 33.2 Å². The number of nitrogens with one attached hydrogen (secondary N) is 1. The molecule has 2 rings (SSSR count). The van der Waals surface area contributed by atoms with Gasteiger partial charge in [0.05, 0.1) is 5.75 Å². The van der Waals surface area contributed by atoms with Crippen LogP contribution in [0.5, 0.6) is 0 Å². The van der Waals surface area contributed by atoms with E-state index < -0.39 is 10.0 Å². The highest BCUT2D eigenvalue weighted by molar-refractivity contribution is 7.88. The zero-order valence-corrected chi connectivity index (χ0v) is 14.3. The van der Waals surface area contributed by atoms with Gasteiger partial charge >= 0.3 is 0 Å². The van der Waals surface area contributed by atoms with Crippen molar-refractivity contribution in [3.8, 4) is 0 Å². The van der Waals surface area contributed by atoms with Gasteiger partial charge in [-0.1, -0.05) is 29.3 Å². The fourth-order valence-electron chi connectivity index (χ4n) is 2.62. The van der Waals surface area contributed by atoms with Crippen LogP contribution in [0.15, 0.2) is 18.2 Å². The van der Waals surface area contributed by atoms with Gasteiger partial charge in [0.1, 0.15) is 0 Å². The number of sulfonamides is 1. The number of nitrogens with zero attached hydrogens (tertiary/aromatic N) is 1. The van der Waals surface area contributed by atoms with Crippen LogP contribution in [0.2, 0.25) is 10.0 Å². The zero-order chi connectivity index (χ0) is 15.5. The molecule has 0 unspecified atom stereocenters.